The lowest BCUT2D eigenvalue weighted by molar-refractivity contribution is -0.890. The van der Waals surface area contributed by atoms with Gasteiger partial charge in [-0.2, -0.15) is 0 Å². The summed E-state index contributed by atoms with van der Waals surface area (Å²) in [6.45, 7) is 3.28. The van der Waals surface area contributed by atoms with Gasteiger partial charge in [0.25, 0.3) is 0 Å². The van der Waals surface area contributed by atoms with Gasteiger partial charge in [0.15, 0.2) is 0 Å². The maximum Gasteiger partial charge on any atom is 0.339 e. The van der Waals surface area contributed by atoms with E-state index in [0.717, 1.165) is 55.4 Å². The number of hydrogen-bond acceptors (Lipinski definition) is 4. The van der Waals surface area contributed by atoms with Crippen LogP contribution in [-0.4, -0.2) is 37.5 Å². The molecule has 1 atom stereocenters. The molecule has 0 spiro atoms. The quantitative estimate of drug-likeness (QED) is 0.792. The molecular weight excluding hydrogens is 306 g/mol. The predicted octanol–water partition coefficient (Wildman–Crippen LogP) is 0.700. The average Bonchev–Trinajstić information content (AvgIpc) is 3.24. The van der Waals surface area contributed by atoms with Crippen LogP contribution in [0.5, 0.6) is 5.75 Å². The lowest BCUT2D eigenvalue weighted by Crippen LogP contribution is -3.11. The first-order chi connectivity index (χ1) is 11.7. The van der Waals surface area contributed by atoms with Gasteiger partial charge in [-0.05, 0) is 37.0 Å². The van der Waals surface area contributed by atoms with Crippen LogP contribution in [0.25, 0.3) is 11.0 Å². The minimum Gasteiger partial charge on any atom is -0.491 e. The standard InChI is InChI=1S/C19H23NO4/c21-13(11-20-8-1-2-9-20)12-23-14-6-7-16-15-4-3-5-17(15)19(22)24-18(16)10-14/h6-7,10,13,21H,1-5,8-9,11-12H2/p+1. The Morgan fingerprint density at radius 1 is 1.17 bits per heavy atom. The van der Waals surface area contributed by atoms with Crippen molar-refractivity contribution < 1.29 is 19.2 Å². The van der Waals surface area contributed by atoms with Crippen molar-refractivity contribution in [1.82, 2.24) is 0 Å². The third-order valence-electron chi connectivity index (χ3n) is 5.22. The van der Waals surface area contributed by atoms with E-state index < -0.39 is 6.10 Å². The van der Waals surface area contributed by atoms with E-state index in [-0.39, 0.29) is 12.2 Å². The third-order valence-corrected chi connectivity index (χ3v) is 5.22. The lowest BCUT2D eigenvalue weighted by Gasteiger charge is -2.17. The van der Waals surface area contributed by atoms with E-state index in [1.165, 1.54) is 17.7 Å². The number of benzene rings is 1. The van der Waals surface area contributed by atoms with Gasteiger partial charge in [-0.25, -0.2) is 4.79 Å². The molecule has 2 N–H and O–H groups in total. The summed E-state index contributed by atoms with van der Waals surface area (Å²) >= 11 is 0. The van der Waals surface area contributed by atoms with Gasteiger partial charge >= 0.3 is 5.63 Å². The van der Waals surface area contributed by atoms with Crippen molar-refractivity contribution in [2.45, 2.75) is 38.2 Å². The molecule has 5 heteroatoms. The highest BCUT2D eigenvalue weighted by atomic mass is 16.5. The van der Waals surface area contributed by atoms with Crippen LogP contribution >= 0.6 is 0 Å². The SMILES string of the molecule is O=c1oc2cc(OCC(O)C[NH+]3CCCC3)ccc2c2c1CCC2. The second-order valence-electron chi connectivity index (χ2n) is 6.98. The second kappa shape index (κ2) is 6.57. The molecule has 2 heterocycles. The predicted molar refractivity (Wildman–Crippen MR) is 90.8 cm³/mol. The number of fused-ring (bicyclic) bond motifs is 3. The van der Waals surface area contributed by atoms with Crippen LogP contribution in [0.2, 0.25) is 0 Å². The molecule has 1 saturated heterocycles. The summed E-state index contributed by atoms with van der Waals surface area (Å²) < 4.78 is 11.2. The van der Waals surface area contributed by atoms with E-state index in [4.69, 9.17) is 9.15 Å². The highest BCUT2D eigenvalue weighted by Gasteiger charge is 2.21. The zero-order valence-corrected chi connectivity index (χ0v) is 13.8. The van der Waals surface area contributed by atoms with Crippen molar-refractivity contribution in [1.29, 1.82) is 0 Å². The van der Waals surface area contributed by atoms with Crippen molar-refractivity contribution in [2.75, 3.05) is 26.2 Å². The number of aliphatic hydroxyl groups excluding tert-OH is 1. The van der Waals surface area contributed by atoms with Crippen LogP contribution < -0.4 is 15.3 Å². The molecule has 5 nitrogen and oxygen atoms in total. The smallest absolute Gasteiger partial charge is 0.339 e. The van der Waals surface area contributed by atoms with Gasteiger partial charge in [0, 0.05) is 29.9 Å². The minimum atomic E-state index is -0.471. The zero-order chi connectivity index (χ0) is 16.5. The molecule has 0 bridgehead atoms. The molecule has 24 heavy (non-hydrogen) atoms. The number of nitrogens with one attached hydrogen (secondary N) is 1. The van der Waals surface area contributed by atoms with E-state index in [2.05, 4.69) is 0 Å². The number of aliphatic hydroxyl groups is 1. The normalized spacial score (nSPS) is 18.9. The van der Waals surface area contributed by atoms with Crippen LogP contribution in [0.1, 0.15) is 30.4 Å². The Labute approximate surface area is 140 Å². The molecule has 1 fully saturated rings. The first-order valence-corrected chi connectivity index (χ1v) is 8.94. The number of aryl methyl sites for hydroxylation is 1. The van der Waals surface area contributed by atoms with Crippen molar-refractivity contribution >= 4 is 11.0 Å². The van der Waals surface area contributed by atoms with Crippen molar-refractivity contribution in [3.63, 3.8) is 0 Å². The van der Waals surface area contributed by atoms with Crippen LogP contribution in [0.3, 0.4) is 0 Å². The Morgan fingerprint density at radius 3 is 2.79 bits per heavy atom. The summed E-state index contributed by atoms with van der Waals surface area (Å²) in [5.74, 6) is 0.638. The van der Waals surface area contributed by atoms with Gasteiger partial charge < -0.3 is 19.2 Å². The molecule has 0 saturated carbocycles. The molecule has 1 aromatic heterocycles. The van der Waals surface area contributed by atoms with E-state index in [9.17, 15) is 9.90 Å². The Kier molecular flexibility index (Phi) is 4.29. The van der Waals surface area contributed by atoms with Crippen molar-refractivity contribution in [3.05, 3.63) is 39.7 Å². The third kappa shape index (κ3) is 3.06. The van der Waals surface area contributed by atoms with Gasteiger partial charge in [-0.15, -0.1) is 0 Å². The minimum absolute atomic E-state index is 0.218. The van der Waals surface area contributed by atoms with Gasteiger partial charge in [-0.3, -0.25) is 0 Å². The molecule has 0 radical (unpaired) electrons. The molecule has 128 valence electrons. The highest BCUT2D eigenvalue weighted by molar-refractivity contribution is 5.83. The fourth-order valence-corrected chi connectivity index (χ4v) is 4.02. The number of quaternary nitrogens is 1. The van der Waals surface area contributed by atoms with Gasteiger partial charge in [0.2, 0.25) is 0 Å². The average molecular weight is 330 g/mol. The first-order valence-electron chi connectivity index (χ1n) is 8.94. The van der Waals surface area contributed by atoms with E-state index in [1.54, 1.807) is 6.07 Å². The number of hydrogen-bond donors (Lipinski definition) is 2. The van der Waals surface area contributed by atoms with Crippen molar-refractivity contribution in [2.24, 2.45) is 0 Å². The fourth-order valence-electron chi connectivity index (χ4n) is 4.02. The Balaban J connectivity index is 1.47. The summed E-state index contributed by atoms with van der Waals surface area (Å²) in [5, 5.41) is 11.1. The molecule has 4 rings (SSSR count). The molecular formula is C19H24NO4+. The largest absolute Gasteiger partial charge is 0.491 e. The molecule has 2 aromatic rings. The molecule has 1 aliphatic carbocycles. The Bertz CT molecular complexity index is 792. The number of rotatable bonds is 5. The summed E-state index contributed by atoms with van der Waals surface area (Å²) in [5.41, 5.74) is 2.33. The lowest BCUT2D eigenvalue weighted by atomic mass is 10.1. The van der Waals surface area contributed by atoms with Crippen LogP contribution in [0, 0.1) is 0 Å². The fraction of sp³-hybridized carbons (Fsp3) is 0.526. The van der Waals surface area contributed by atoms with E-state index in [0.29, 0.717) is 11.3 Å². The molecule has 0 amide bonds. The maximum atomic E-state index is 12.0. The molecule has 1 aromatic carbocycles. The summed E-state index contributed by atoms with van der Waals surface area (Å²) in [7, 11) is 0. The topological polar surface area (TPSA) is 64.1 Å². The van der Waals surface area contributed by atoms with Crippen LogP contribution in [0.4, 0.5) is 0 Å². The van der Waals surface area contributed by atoms with Crippen LogP contribution in [-0.2, 0) is 12.8 Å². The van der Waals surface area contributed by atoms with Crippen molar-refractivity contribution in [3.8, 4) is 5.75 Å². The zero-order valence-electron chi connectivity index (χ0n) is 13.8. The van der Waals surface area contributed by atoms with Gasteiger partial charge in [0.05, 0.1) is 13.1 Å². The maximum absolute atomic E-state index is 12.0. The number of ether oxygens (including phenoxy) is 1. The van der Waals surface area contributed by atoms with Gasteiger partial charge in [0.1, 0.15) is 30.6 Å². The second-order valence-corrected chi connectivity index (χ2v) is 6.98. The number of likely N-dealkylation sites (tertiary alicyclic amines) is 1. The highest BCUT2D eigenvalue weighted by Crippen LogP contribution is 2.29. The molecule has 2 aliphatic rings. The van der Waals surface area contributed by atoms with Gasteiger partial charge in [-0.1, -0.05) is 0 Å². The molecule has 1 unspecified atom stereocenters. The Hall–Kier alpha value is -1.85. The summed E-state index contributed by atoms with van der Waals surface area (Å²) in [6, 6.07) is 5.64. The monoisotopic (exact) mass is 330 g/mol. The summed E-state index contributed by atoms with van der Waals surface area (Å²) in [4.78, 5) is 13.5. The Morgan fingerprint density at radius 2 is 1.96 bits per heavy atom. The van der Waals surface area contributed by atoms with E-state index >= 15 is 0 Å². The first kappa shape index (κ1) is 15.7. The van der Waals surface area contributed by atoms with Crippen LogP contribution in [0.15, 0.2) is 27.4 Å². The molecule has 1 aliphatic heterocycles. The summed E-state index contributed by atoms with van der Waals surface area (Å²) in [6.07, 6.45) is 4.79. The van der Waals surface area contributed by atoms with E-state index in [1.807, 2.05) is 12.1 Å².